The standard InChI is InChI=1S/C17H14ClN5O/c18-13-8-6-12(7-9-13)15-14(11-4-2-1-3-5-11)10-23(22-15)16-19-17(24)21-20-16/h1-9,14H,10H2,(H2,19,20,21,24). The van der Waals surface area contributed by atoms with Gasteiger partial charge in [-0.2, -0.15) is 5.10 Å². The van der Waals surface area contributed by atoms with E-state index < -0.39 is 0 Å². The van der Waals surface area contributed by atoms with Crippen LogP contribution in [0.4, 0.5) is 5.95 Å². The second-order valence-electron chi connectivity index (χ2n) is 5.54. The molecule has 1 aliphatic rings. The molecule has 2 heterocycles. The number of rotatable bonds is 3. The van der Waals surface area contributed by atoms with Crippen molar-refractivity contribution in [1.29, 1.82) is 0 Å². The topological polar surface area (TPSA) is 77.1 Å². The molecule has 0 saturated carbocycles. The average molecular weight is 340 g/mol. The van der Waals surface area contributed by atoms with Crippen LogP contribution < -0.4 is 10.7 Å². The molecule has 120 valence electrons. The molecule has 0 fully saturated rings. The van der Waals surface area contributed by atoms with E-state index in [9.17, 15) is 4.79 Å². The predicted octanol–water partition coefficient (Wildman–Crippen LogP) is 2.76. The van der Waals surface area contributed by atoms with Gasteiger partial charge in [-0.25, -0.2) is 14.9 Å². The fourth-order valence-corrected chi connectivity index (χ4v) is 2.97. The Bertz CT molecular complexity index is 929. The number of hydrogen-bond acceptors (Lipinski definition) is 4. The third-order valence-corrected chi connectivity index (χ3v) is 4.24. The highest BCUT2D eigenvalue weighted by Crippen LogP contribution is 2.30. The molecular formula is C17H14ClN5O. The minimum atomic E-state index is -0.351. The summed E-state index contributed by atoms with van der Waals surface area (Å²) < 4.78 is 0. The fraction of sp³-hybridized carbons (Fsp3) is 0.118. The number of hydrazone groups is 1. The lowest BCUT2D eigenvalue weighted by Gasteiger charge is -2.14. The first-order valence-electron chi connectivity index (χ1n) is 7.52. The number of halogens is 1. The monoisotopic (exact) mass is 339 g/mol. The number of anilines is 1. The highest BCUT2D eigenvalue weighted by Gasteiger charge is 2.31. The molecular weight excluding hydrogens is 326 g/mol. The lowest BCUT2D eigenvalue weighted by Crippen LogP contribution is -2.19. The van der Waals surface area contributed by atoms with Crippen molar-refractivity contribution in [2.24, 2.45) is 5.10 Å². The summed E-state index contributed by atoms with van der Waals surface area (Å²) in [7, 11) is 0. The van der Waals surface area contributed by atoms with Crippen LogP contribution in [0.5, 0.6) is 0 Å². The van der Waals surface area contributed by atoms with Gasteiger partial charge in [-0.15, -0.1) is 5.10 Å². The molecule has 0 aliphatic carbocycles. The summed E-state index contributed by atoms with van der Waals surface area (Å²) in [5.74, 6) is 0.484. The van der Waals surface area contributed by atoms with Crippen LogP contribution in [0.1, 0.15) is 17.0 Å². The van der Waals surface area contributed by atoms with Gasteiger partial charge in [0.25, 0.3) is 0 Å². The largest absolute Gasteiger partial charge is 0.342 e. The van der Waals surface area contributed by atoms with Crippen LogP contribution in [0.15, 0.2) is 64.5 Å². The Balaban J connectivity index is 1.77. The van der Waals surface area contributed by atoms with Gasteiger partial charge in [-0.1, -0.05) is 54.1 Å². The molecule has 3 aromatic rings. The fourth-order valence-electron chi connectivity index (χ4n) is 2.85. The minimum absolute atomic E-state index is 0.0765. The van der Waals surface area contributed by atoms with Gasteiger partial charge in [0.2, 0.25) is 5.95 Å². The first-order chi connectivity index (χ1) is 11.7. The first kappa shape index (κ1) is 14.7. The molecule has 1 aromatic heterocycles. The molecule has 7 heteroatoms. The number of aromatic nitrogens is 3. The molecule has 1 atom stereocenters. The zero-order valence-corrected chi connectivity index (χ0v) is 13.4. The van der Waals surface area contributed by atoms with Crippen molar-refractivity contribution in [2.45, 2.75) is 5.92 Å². The van der Waals surface area contributed by atoms with Crippen molar-refractivity contribution >= 4 is 23.3 Å². The Morgan fingerprint density at radius 2 is 1.83 bits per heavy atom. The van der Waals surface area contributed by atoms with E-state index in [-0.39, 0.29) is 11.6 Å². The molecule has 0 spiro atoms. The van der Waals surface area contributed by atoms with Crippen molar-refractivity contribution in [1.82, 2.24) is 15.2 Å². The summed E-state index contributed by atoms with van der Waals surface area (Å²) in [6.07, 6.45) is 0. The maximum absolute atomic E-state index is 11.3. The van der Waals surface area contributed by atoms with Crippen LogP contribution in [-0.4, -0.2) is 27.4 Å². The van der Waals surface area contributed by atoms with Crippen molar-refractivity contribution in [2.75, 3.05) is 11.6 Å². The number of benzene rings is 2. The van der Waals surface area contributed by atoms with E-state index in [1.54, 1.807) is 5.01 Å². The molecule has 0 saturated heterocycles. The Hall–Kier alpha value is -2.86. The van der Waals surface area contributed by atoms with Crippen LogP contribution in [-0.2, 0) is 0 Å². The predicted molar refractivity (Wildman–Crippen MR) is 93.7 cm³/mol. The second kappa shape index (κ2) is 5.98. The molecule has 1 unspecified atom stereocenters. The van der Waals surface area contributed by atoms with Crippen molar-refractivity contribution in [3.05, 3.63) is 81.2 Å². The van der Waals surface area contributed by atoms with E-state index in [1.807, 2.05) is 42.5 Å². The van der Waals surface area contributed by atoms with Crippen molar-refractivity contribution < 1.29 is 0 Å². The molecule has 2 aromatic carbocycles. The summed E-state index contributed by atoms with van der Waals surface area (Å²) in [4.78, 5) is 14.0. The summed E-state index contributed by atoms with van der Waals surface area (Å²) in [5, 5.41) is 13.4. The number of hydrogen-bond donors (Lipinski definition) is 2. The summed E-state index contributed by atoms with van der Waals surface area (Å²) in [5.41, 5.74) is 2.72. The molecule has 24 heavy (non-hydrogen) atoms. The van der Waals surface area contributed by atoms with Gasteiger partial charge in [-0.05, 0) is 23.3 Å². The molecule has 0 amide bonds. The van der Waals surface area contributed by atoms with E-state index in [2.05, 4.69) is 32.4 Å². The number of H-pyrrole nitrogens is 2. The third kappa shape index (κ3) is 2.72. The van der Waals surface area contributed by atoms with E-state index in [1.165, 1.54) is 0 Å². The number of nitrogens with zero attached hydrogens (tertiary/aromatic N) is 3. The molecule has 1 aliphatic heterocycles. The van der Waals surface area contributed by atoms with Crippen LogP contribution in [0.2, 0.25) is 5.02 Å². The molecule has 2 N–H and O–H groups in total. The zero-order chi connectivity index (χ0) is 16.5. The molecule has 0 bridgehead atoms. The summed E-state index contributed by atoms with van der Waals surface area (Å²) in [6, 6.07) is 17.8. The summed E-state index contributed by atoms with van der Waals surface area (Å²) in [6.45, 7) is 0.600. The van der Waals surface area contributed by atoms with E-state index >= 15 is 0 Å². The molecule has 4 rings (SSSR count). The highest BCUT2D eigenvalue weighted by atomic mass is 35.5. The van der Waals surface area contributed by atoms with Crippen LogP contribution in [0, 0.1) is 0 Å². The Morgan fingerprint density at radius 1 is 1.08 bits per heavy atom. The Kier molecular flexibility index (Phi) is 3.66. The second-order valence-corrected chi connectivity index (χ2v) is 5.98. The van der Waals surface area contributed by atoms with Crippen molar-refractivity contribution in [3.8, 4) is 0 Å². The lowest BCUT2D eigenvalue weighted by atomic mass is 9.91. The maximum Gasteiger partial charge on any atom is 0.342 e. The van der Waals surface area contributed by atoms with E-state index in [0.717, 1.165) is 16.8 Å². The van der Waals surface area contributed by atoms with Gasteiger partial charge in [0.15, 0.2) is 0 Å². The third-order valence-electron chi connectivity index (χ3n) is 3.99. The average Bonchev–Trinajstić information content (AvgIpc) is 3.23. The number of nitrogens with one attached hydrogen (secondary N) is 2. The number of aromatic amines is 2. The highest BCUT2D eigenvalue weighted by molar-refractivity contribution is 6.30. The Labute approximate surface area is 142 Å². The molecule has 6 nitrogen and oxygen atoms in total. The van der Waals surface area contributed by atoms with Gasteiger partial charge in [0, 0.05) is 10.9 Å². The smallest absolute Gasteiger partial charge is 0.274 e. The maximum atomic E-state index is 11.3. The van der Waals surface area contributed by atoms with Crippen LogP contribution in [0.3, 0.4) is 0 Å². The van der Waals surface area contributed by atoms with Gasteiger partial charge < -0.3 is 0 Å². The lowest BCUT2D eigenvalue weighted by molar-refractivity contribution is 0.818. The normalized spacial score (nSPS) is 17.1. The van der Waals surface area contributed by atoms with Gasteiger partial charge >= 0.3 is 5.69 Å². The van der Waals surface area contributed by atoms with Crippen molar-refractivity contribution in [3.63, 3.8) is 0 Å². The van der Waals surface area contributed by atoms with E-state index in [0.29, 0.717) is 17.5 Å². The summed E-state index contributed by atoms with van der Waals surface area (Å²) >= 11 is 5.99. The first-order valence-corrected chi connectivity index (χ1v) is 7.90. The quantitative estimate of drug-likeness (QED) is 0.770. The van der Waals surface area contributed by atoms with Gasteiger partial charge in [0.1, 0.15) is 0 Å². The van der Waals surface area contributed by atoms with Gasteiger partial charge in [-0.3, -0.25) is 4.98 Å². The van der Waals surface area contributed by atoms with E-state index in [4.69, 9.17) is 11.6 Å². The Morgan fingerprint density at radius 3 is 2.50 bits per heavy atom. The zero-order valence-electron chi connectivity index (χ0n) is 12.6. The minimum Gasteiger partial charge on any atom is -0.274 e. The van der Waals surface area contributed by atoms with Gasteiger partial charge in [0.05, 0.1) is 12.3 Å². The SMILES string of the molecule is O=c1[nH]nc(N2CC(c3ccccc3)C(c3ccc(Cl)cc3)=N2)[nH]1. The van der Waals surface area contributed by atoms with Crippen LogP contribution >= 0.6 is 11.6 Å². The molecule has 0 radical (unpaired) electrons. The van der Waals surface area contributed by atoms with Crippen LogP contribution in [0.25, 0.3) is 0 Å².